The average Bonchev–Trinajstić information content (AvgIpc) is 3.05. The molecule has 0 aliphatic heterocycles. The molecule has 0 aliphatic rings. The third-order valence-corrected chi connectivity index (χ3v) is 3.72. The highest BCUT2D eigenvalue weighted by atomic mass is 32.1. The van der Waals surface area contributed by atoms with E-state index < -0.39 is 0 Å². The standard InChI is InChI=1S/C14H14N4OS/c1-10-2-3-12-11(8-10)4-6-18(12)7-5-13(19)16-14-17-15-9-20-14/h2-4,6,8-9H,5,7H2,1H3,(H,16,17,19). The second kappa shape index (κ2) is 5.42. The predicted octanol–water partition coefficient (Wildman–Crippen LogP) is 2.83. The molecular weight excluding hydrogens is 272 g/mol. The number of aromatic nitrogens is 3. The van der Waals surface area contributed by atoms with Crippen molar-refractivity contribution in [2.75, 3.05) is 5.32 Å². The minimum atomic E-state index is -0.0456. The first-order valence-electron chi connectivity index (χ1n) is 6.34. The normalized spacial score (nSPS) is 10.8. The summed E-state index contributed by atoms with van der Waals surface area (Å²) in [4.78, 5) is 11.8. The summed E-state index contributed by atoms with van der Waals surface area (Å²) in [5.41, 5.74) is 3.99. The lowest BCUT2D eigenvalue weighted by Gasteiger charge is -2.05. The zero-order chi connectivity index (χ0) is 13.9. The van der Waals surface area contributed by atoms with Crippen LogP contribution in [0, 0.1) is 6.92 Å². The molecule has 1 amide bonds. The van der Waals surface area contributed by atoms with E-state index in [0.717, 1.165) is 5.52 Å². The van der Waals surface area contributed by atoms with Crippen molar-refractivity contribution in [3.63, 3.8) is 0 Å². The highest BCUT2D eigenvalue weighted by Crippen LogP contribution is 2.18. The van der Waals surface area contributed by atoms with Crippen LogP contribution in [0.5, 0.6) is 0 Å². The number of anilines is 1. The monoisotopic (exact) mass is 286 g/mol. The summed E-state index contributed by atoms with van der Waals surface area (Å²) in [6.45, 7) is 2.73. The van der Waals surface area contributed by atoms with Gasteiger partial charge in [0.2, 0.25) is 11.0 Å². The number of amides is 1. The summed E-state index contributed by atoms with van der Waals surface area (Å²) >= 11 is 1.32. The van der Waals surface area contributed by atoms with Gasteiger partial charge in [0.1, 0.15) is 5.51 Å². The highest BCUT2D eigenvalue weighted by molar-refractivity contribution is 7.13. The number of nitrogens with zero attached hydrogens (tertiary/aromatic N) is 3. The van der Waals surface area contributed by atoms with Gasteiger partial charge in [-0.15, -0.1) is 10.2 Å². The van der Waals surface area contributed by atoms with Crippen LogP contribution in [-0.4, -0.2) is 20.7 Å². The molecule has 3 rings (SSSR count). The van der Waals surface area contributed by atoms with Gasteiger partial charge in [-0.25, -0.2) is 0 Å². The van der Waals surface area contributed by atoms with Crippen LogP contribution < -0.4 is 5.32 Å². The van der Waals surface area contributed by atoms with Gasteiger partial charge in [-0.05, 0) is 30.5 Å². The van der Waals surface area contributed by atoms with Crippen molar-refractivity contribution in [2.45, 2.75) is 19.9 Å². The second-order valence-corrected chi connectivity index (χ2v) is 5.45. The van der Waals surface area contributed by atoms with Gasteiger partial charge >= 0.3 is 0 Å². The predicted molar refractivity (Wildman–Crippen MR) is 79.8 cm³/mol. The molecule has 0 bridgehead atoms. The van der Waals surface area contributed by atoms with E-state index in [1.54, 1.807) is 5.51 Å². The molecule has 0 saturated heterocycles. The van der Waals surface area contributed by atoms with Crippen LogP contribution >= 0.6 is 11.3 Å². The fourth-order valence-corrected chi connectivity index (χ4v) is 2.61. The van der Waals surface area contributed by atoms with Crippen molar-refractivity contribution in [3.8, 4) is 0 Å². The molecule has 2 aromatic heterocycles. The Kier molecular flexibility index (Phi) is 3.47. The van der Waals surface area contributed by atoms with Gasteiger partial charge in [-0.2, -0.15) is 0 Å². The number of carbonyl (C=O) groups is 1. The molecule has 2 heterocycles. The Morgan fingerprint density at radius 2 is 2.30 bits per heavy atom. The van der Waals surface area contributed by atoms with E-state index in [4.69, 9.17) is 0 Å². The Hall–Kier alpha value is -2.21. The summed E-state index contributed by atoms with van der Waals surface area (Å²) in [5, 5.41) is 12.0. The van der Waals surface area contributed by atoms with Crippen LogP contribution in [0.15, 0.2) is 36.0 Å². The van der Waals surface area contributed by atoms with E-state index >= 15 is 0 Å². The van der Waals surface area contributed by atoms with Crippen LogP contribution in [0.1, 0.15) is 12.0 Å². The fraction of sp³-hybridized carbons (Fsp3) is 0.214. The van der Waals surface area contributed by atoms with Gasteiger partial charge in [-0.3, -0.25) is 4.79 Å². The molecule has 3 aromatic rings. The van der Waals surface area contributed by atoms with Crippen LogP contribution in [-0.2, 0) is 11.3 Å². The van der Waals surface area contributed by atoms with E-state index in [1.165, 1.54) is 22.3 Å². The lowest BCUT2D eigenvalue weighted by Crippen LogP contribution is -2.14. The van der Waals surface area contributed by atoms with Gasteiger partial charge in [0.05, 0.1) is 0 Å². The van der Waals surface area contributed by atoms with Crippen molar-refractivity contribution in [2.24, 2.45) is 0 Å². The summed E-state index contributed by atoms with van der Waals surface area (Å²) in [6.07, 6.45) is 2.43. The number of hydrogen-bond donors (Lipinski definition) is 1. The summed E-state index contributed by atoms with van der Waals surface area (Å²) in [7, 11) is 0. The largest absolute Gasteiger partial charge is 0.347 e. The van der Waals surface area contributed by atoms with Crippen molar-refractivity contribution in [1.29, 1.82) is 0 Å². The third-order valence-electron chi connectivity index (χ3n) is 3.11. The summed E-state index contributed by atoms with van der Waals surface area (Å²) in [6, 6.07) is 8.39. The van der Waals surface area contributed by atoms with E-state index in [9.17, 15) is 4.79 Å². The molecule has 5 nitrogen and oxygen atoms in total. The number of aryl methyl sites for hydroxylation is 2. The van der Waals surface area contributed by atoms with E-state index in [2.05, 4.69) is 51.3 Å². The van der Waals surface area contributed by atoms with Crippen molar-refractivity contribution < 1.29 is 4.79 Å². The number of benzene rings is 1. The Balaban J connectivity index is 1.66. The number of fused-ring (bicyclic) bond motifs is 1. The van der Waals surface area contributed by atoms with Gasteiger partial charge in [-0.1, -0.05) is 23.0 Å². The molecule has 0 unspecified atom stereocenters. The van der Waals surface area contributed by atoms with Gasteiger partial charge in [0.15, 0.2) is 0 Å². The van der Waals surface area contributed by atoms with Crippen molar-refractivity contribution in [3.05, 3.63) is 41.5 Å². The fourth-order valence-electron chi connectivity index (χ4n) is 2.15. The van der Waals surface area contributed by atoms with Crippen LogP contribution in [0.4, 0.5) is 5.13 Å². The van der Waals surface area contributed by atoms with E-state index in [1.807, 2.05) is 6.20 Å². The molecule has 6 heteroatoms. The highest BCUT2D eigenvalue weighted by Gasteiger charge is 2.06. The second-order valence-electron chi connectivity index (χ2n) is 4.61. The molecule has 1 N–H and O–H groups in total. The van der Waals surface area contributed by atoms with E-state index in [-0.39, 0.29) is 5.91 Å². The minimum absolute atomic E-state index is 0.0456. The molecule has 0 spiro atoms. The van der Waals surface area contributed by atoms with Gasteiger partial charge in [0.25, 0.3) is 0 Å². The average molecular weight is 286 g/mol. The van der Waals surface area contributed by atoms with Gasteiger partial charge in [0, 0.05) is 24.7 Å². The molecule has 1 aromatic carbocycles. The minimum Gasteiger partial charge on any atom is -0.347 e. The Morgan fingerprint density at radius 3 is 3.10 bits per heavy atom. The first-order chi connectivity index (χ1) is 9.72. The van der Waals surface area contributed by atoms with Crippen molar-refractivity contribution in [1.82, 2.24) is 14.8 Å². The molecule has 0 radical (unpaired) electrons. The van der Waals surface area contributed by atoms with Gasteiger partial charge < -0.3 is 9.88 Å². The smallest absolute Gasteiger partial charge is 0.227 e. The quantitative estimate of drug-likeness (QED) is 0.802. The molecule has 0 atom stereocenters. The SMILES string of the molecule is Cc1ccc2c(ccn2CCC(=O)Nc2nncs2)c1. The van der Waals surface area contributed by atoms with E-state index in [0.29, 0.717) is 18.1 Å². The lowest BCUT2D eigenvalue weighted by molar-refractivity contribution is -0.116. The van der Waals surface area contributed by atoms with Crippen LogP contribution in [0.3, 0.4) is 0 Å². The number of rotatable bonds is 4. The zero-order valence-corrected chi connectivity index (χ0v) is 11.9. The summed E-state index contributed by atoms with van der Waals surface area (Å²) in [5.74, 6) is -0.0456. The van der Waals surface area contributed by atoms with Crippen LogP contribution in [0.2, 0.25) is 0 Å². The molecule has 0 aliphatic carbocycles. The third kappa shape index (κ3) is 2.70. The molecule has 0 saturated carbocycles. The first-order valence-corrected chi connectivity index (χ1v) is 7.22. The number of nitrogens with one attached hydrogen (secondary N) is 1. The first kappa shape index (κ1) is 12.8. The van der Waals surface area contributed by atoms with Crippen molar-refractivity contribution >= 4 is 33.3 Å². The summed E-state index contributed by atoms with van der Waals surface area (Å²) < 4.78 is 2.09. The Labute approximate surface area is 120 Å². The maximum Gasteiger partial charge on any atom is 0.227 e. The maximum absolute atomic E-state index is 11.8. The Morgan fingerprint density at radius 1 is 1.40 bits per heavy atom. The zero-order valence-electron chi connectivity index (χ0n) is 11.0. The molecular formula is C14H14N4OS. The lowest BCUT2D eigenvalue weighted by atomic mass is 10.2. The Bertz CT molecular complexity index is 733. The topological polar surface area (TPSA) is 59.8 Å². The molecule has 20 heavy (non-hydrogen) atoms. The maximum atomic E-state index is 11.8. The van der Waals surface area contributed by atoms with Crippen LogP contribution in [0.25, 0.3) is 10.9 Å². The number of carbonyl (C=O) groups excluding carboxylic acids is 1. The number of hydrogen-bond acceptors (Lipinski definition) is 4. The molecule has 0 fully saturated rings. The molecule has 102 valence electrons.